The summed E-state index contributed by atoms with van der Waals surface area (Å²) in [6, 6.07) is 5.89. The Morgan fingerprint density at radius 1 is 1.13 bits per heavy atom. The second kappa shape index (κ2) is 16.3. The largest absolute Gasteiger partial charge is 0.396 e. The van der Waals surface area contributed by atoms with Crippen molar-refractivity contribution in [2.45, 2.75) is 106 Å². The van der Waals surface area contributed by atoms with E-state index in [1.807, 2.05) is 53.1 Å². The van der Waals surface area contributed by atoms with Crippen molar-refractivity contribution in [2.24, 2.45) is 5.41 Å². The number of nitrogen functional groups attached to an aromatic ring is 1. The van der Waals surface area contributed by atoms with E-state index in [0.29, 0.717) is 35.6 Å². The van der Waals surface area contributed by atoms with E-state index in [1.165, 1.54) is 12.8 Å². The molecule has 3 heterocycles. The molecular weight excluding hydrogens is 586 g/mol. The molecule has 0 spiro atoms. The zero-order chi connectivity index (χ0) is 35.7. The first kappa shape index (κ1) is 39.4. The first-order valence-corrected chi connectivity index (χ1v) is 16.6. The average Bonchev–Trinajstić information content (AvgIpc) is 3.61. The number of aliphatic hydroxyl groups excluding tert-OH is 1. The van der Waals surface area contributed by atoms with Gasteiger partial charge in [-0.05, 0) is 95.6 Å². The van der Waals surface area contributed by atoms with Gasteiger partial charge in [0.1, 0.15) is 0 Å². The summed E-state index contributed by atoms with van der Waals surface area (Å²) in [6.07, 6.45) is 7.47. The molecule has 258 valence electrons. The van der Waals surface area contributed by atoms with Gasteiger partial charge in [0.05, 0.1) is 41.8 Å². The summed E-state index contributed by atoms with van der Waals surface area (Å²) in [5, 5.41) is 17.6. The number of nitrogens with two attached hydrogens (primary N) is 1. The lowest BCUT2D eigenvalue weighted by molar-refractivity contribution is -0.117. The summed E-state index contributed by atoms with van der Waals surface area (Å²) in [5.41, 5.74) is 13.6. The number of nitrogens with one attached hydrogen (secondary N) is 1. The van der Waals surface area contributed by atoms with Crippen molar-refractivity contribution in [1.82, 2.24) is 24.9 Å². The Morgan fingerprint density at radius 3 is 2.28 bits per heavy atom. The Balaban J connectivity index is 0.000000298. The Hall–Kier alpha value is -3.82. The van der Waals surface area contributed by atoms with Crippen LogP contribution in [0.25, 0.3) is 11.2 Å². The molecule has 0 amide bonds. The molecule has 0 aromatic carbocycles. The highest BCUT2D eigenvalue weighted by atomic mass is 16.3. The lowest BCUT2D eigenvalue weighted by Crippen LogP contribution is -2.51. The lowest BCUT2D eigenvalue weighted by atomic mass is 9.71. The van der Waals surface area contributed by atoms with Gasteiger partial charge in [-0.3, -0.25) is 9.78 Å². The Bertz CT molecular complexity index is 1520. The number of nitrogens with zero attached hydrogens (tertiary/aromatic N) is 5. The van der Waals surface area contributed by atoms with Crippen LogP contribution in [0.15, 0.2) is 61.5 Å². The van der Waals surface area contributed by atoms with Crippen LogP contribution in [-0.4, -0.2) is 61.2 Å². The highest BCUT2D eigenvalue weighted by Gasteiger charge is 2.46. The monoisotopic (exact) mass is 645 g/mol. The van der Waals surface area contributed by atoms with Crippen molar-refractivity contribution < 1.29 is 9.90 Å². The SMILES string of the molecule is C=C.C=C1CC(C)(C)CC(=O)/C1=C(\C)c1cc(N)c2nc(C)cn2n1.CC.Cc1ccc(N(CCO)CC2(NC(C)(C)C)CC2)cn1. The molecule has 2 saturated carbocycles. The number of aromatic nitrogens is 4. The summed E-state index contributed by atoms with van der Waals surface area (Å²) in [6.45, 7) is 32.5. The van der Waals surface area contributed by atoms with Crippen LogP contribution in [0, 0.1) is 19.3 Å². The van der Waals surface area contributed by atoms with Gasteiger partial charge < -0.3 is 21.1 Å². The van der Waals surface area contributed by atoms with Gasteiger partial charge >= 0.3 is 0 Å². The van der Waals surface area contributed by atoms with Crippen molar-refractivity contribution >= 4 is 28.4 Å². The molecule has 3 aromatic heterocycles. The summed E-state index contributed by atoms with van der Waals surface area (Å²) >= 11 is 0. The number of allylic oxidation sites excluding steroid dienone is 3. The number of aryl methyl sites for hydroxylation is 2. The first-order valence-electron chi connectivity index (χ1n) is 16.6. The maximum absolute atomic E-state index is 12.6. The number of rotatable bonds is 7. The molecule has 4 N–H and O–H groups in total. The molecule has 2 fully saturated rings. The molecule has 0 atom stereocenters. The minimum absolute atomic E-state index is 0.0319. The minimum Gasteiger partial charge on any atom is -0.396 e. The van der Waals surface area contributed by atoms with E-state index in [9.17, 15) is 9.90 Å². The maximum Gasteiger partial charge on any atom is 0.177 e. The third-order valence-corrected chi connectivity index (χ3v) is 7.91. The number of fused-ring (bicyclic) bond motifs is 1. The van der Waals surface area contributed by atoms with E-state index in [-0.39, 0.29) is 28.9 Å². The van der Waals surface area contributed by atoms with E-state index < -0.39 is 0 Å². The molecule has 2 aliphatic carbocycles. The molecule has 47 heavy (non-hydrogen) atoms. The predicted molar refractivity (Wildman–Crippen MR) is 198 cm³/mol. The number of anilines is 2. The average molecular weight is 646 g/mol. The second-order valence-corrected chi connectivity index (χ2v) is 14.1. The number of pyridine rings is 1. The Morgan fingerprint density at radius 2 is 1.77 bits per heavy atom. The fourth-order valence-electron chi connectivity index (χ4n) is 6.05. The molecule has 0 aliphatic heterocycles. The van der Waals surface area contributed by atoms with Gasteiger partial charge in [-0.25, -0.2) is 9.50 Å². The van der Waals surface area contributed by atoms with Crippen molar-refractivity contribution in [3.63, 3.8) is 0 Å². The quantitative estimate of drug-likeness (QED) is 0.181. The van der Waals surface area contributed by atoms with E-state index in [2.05, 4.69) is 85.7 Å². The van der Waals surface area contributed by atoms with Crippen LogP contribution in [0.1, 0.15) is 98.2 Å². The van der Waals surface area contributed by atoms with Crippen LogP contribution in [0.5, 0.6) is 0 Å². The highest BCUT2D eigenvalue weighted by Crippen LogP contribution is 2.41. The summed E-state index contributed by atoms with van der Waals surface area (Å²) in [7, 11) is 0. The molecule has 0 unspecified atom stereocenters. The third kappa shape index (κ3) is 10.9. The topological polar surface area (TPSA) is 122 Å². The molecule has 5 rings (SSSR count). The van der Waals surface area contributed by atoms with Gasteiger partial charge in [-0.15, -0.1) is 13.2 Å². The Labute approximate surface area is 283 Å². The number of aliphatic hydroxyl groups is 1. The minimum atomic E-state index is -0.0319. The fraction of sp³-hybridized carbons (Fsp3) is 0.526. The summed E-state index contributed by atoms with van der Waals surface area (Å²) in [5.74, 6) is 0.131. The molecule has 3 aromatic rings. The van der Waals surface area contributed by atoms with Crippen molar-refractivity contribution in [2.75, 3.05) is 30.3 Å². The first-order chi connectivity index (χ1) is 22.0. The van der Waals surface area contributed by atoms with Gasteiger partial charge in [-0.1, -0.05) is 34.3 Å². The molecule has 0 saturated heterocycles. The zero-order valence-corrected chi connectivity index (χ0v) is 30.6. The van der Waals surface area contributed by atoms with Crippen LogP contribution < -0.4 is 16.0 Å². The number of ketones is 1. The number of imidazole rings is 1. The van der Waals surface area contributed by atoms with E-state index in [4.69, 9.17) is 5.73 Å². The molecule has 0 radical (unpaired) electrons. The molecule has 0 bridgehead atoms. The van der Waals surface area contributed by atoms with Crippen LogP contribution in [0.2, 0.25) is 0 Å². The van der Waals surface area contributed by atoms with Crippen LogP contribution in [-0.2, 0) is 4.79 Å². The highest BCUT2D eigenvalue weighted by molar-refractivity contribution is 6.07. The maximum atomic E-state index is 12.6. The van der Waals surface area contributed by atoms with Crippen LogP contribution in [0.4, 0.5) is 11.4 Å². The van der Waals surface area contributed by atoms with Crippen molar-refractivity contribution in [3.8, 4) is 0 Å². The van der Waals surface area contributed by atoms with Gasteiger partial charge in [0.2, 0.25) is 0 Å². The van der Waals surface area contributed by atoms with Gasteiger partial charge in [0.15, 0.2) is 11.4 Å². The predicted octanol–water partition coefficient (Wildman–Crippen LogP) is 7.28. The molecular formula is C38H59N7O2. The fourth-order valence-corrected chi connectivity index (χ4v) is 6.05. The van der Waals surface area contributed by atoms with Crippen molar-refractivity contribution in [3.05, 3.63) is 78.6 Å². The molecule has 9 nitrogen and oxygen atoms in total. The van der Waals surface area contributed by atoms with E-state index in [1.54, 1.807) is 10.6 Å². The van der Waals surface area contributed by atoms with Gasteiger partial charge in [0, 0.05) is 41.9 Å². The lowest BCUT2D eigenvalue weighted by Gasteiger charge is -2.34. The zero-order valence-electron chi connectivity index (χ0n) is 30.6. The Kier molecular flexibility index (Phi) is 13.7. The number of carbonyl (C=O) groups is 1. The second-order valence-electron chi connectivity index (χ2n) is 14.1. The third-order valence-electron chi connectivity index (χ3n) is 7.91. The summed E-state index contributed by atoms with van der Waals surface area (Å²) < 4.78 is 1.67. The summed E-state index contributed by atoms with van der Waals surface area (Å²) in [4.78, 5) is 23.5. The van der Waals surface area contributed by atoms with Gasteiger partial charge in [-0.2, -0.15) is 5.10 Å². The normalized spacial score (nSPS) is 17.3. The molecule has 2 aliphatic rings. The number of hydrogen-bond acceptors (Lipinski definition) is 8. The van der Waals surface area contributed by atoms with E-state index in [0.717, 1.165) is 41.2 Å². The van der Waals surface area contributed by atoms with Crippen LogP contribution in [0.3, 0.4) is 0 Å². The smallest absolute Gasteiger partial charge is 0.177 e. The van der Waals surface area contributed by atoms with E-state index >= 15 is 0 Å². The number of carbonyl (C=O) groups excluding carboxylic acids is 1. The molecule has 9 heteroatoms. The van der Waals surface area contributed by atoms with Gasteiger partial charge in [0.25, 0.3) is 0 Å². The number of hydrogen-bond donors (Lipinski definition) is 3. The van der Waals surface area contributed by atoms with Crippen LogP contribution >= 0.6 is 0 Å². The number of Topliss-reactive ketones (excluding diaryl/α,β-unsaturated/α-hetero) is 1. The standard InChI is InChI=1S/C18H22N4O.C16H27N3O.C2H6.C2H4/c1-10-7-18(4,5)8-15(23)16(10)12(3)14-6-13(19)17-20-11(2)9-22(17)21-14;1-13-5-6-14(11-17-13)19(9-10-20)12-16(7-8-16)18-15(2,3)4;2*1-2/h6,9H,1,7-8,19H2,2-5H3;5-6,11,18,20H,7-10,12H2,1-4H3;1-2H3;1-2H2/b16-12+;;;. The van der Waals surface area contributed by atoms with Crippen molar-refractivity contribution in [1.29, 1.82) is 0 Å².